The summed E-state index contributed by atoms with van der Waals surface area (Å²) in [6.45, 7) is 3.44. The molecule has 5 aromatic rings. The van der Waals surface area contributed by atoms with Crippen LogP contribution in [0.5, 0.6) is 0 Å². The van der Waals surface area contributed by atoms with E-state index in [0.29, 0.717) is 12.8 Å². The molecule has 5 rings (SSSR count). The van der Waals surface area contributed by atoms with E-state index >= 15 is 0 Å². The first-order valence-corrected chi connectivity index (χ1v) is 11.5. The Labute approximate surface area is 197 Å². The number of amides is 1. The van der Waals surface area contributed by atoms with Crippen LogP contribution in [-0.4, -0.2) is 34.5 Å². The van der Waals surface area contributed by atoms with E-state index in [0.717, 1.165) is 38.8 Å². The van der Waals surface area contributed by atoms with Crippen molar-refractivity contribution in [3.63, 3.8) is 0 Å². The fraction of sp³-hybridized carbons (Fsp3) is 0.214. The van der Waals surface area contributed by atoms with Crippen molar-refractivity contribution >= 4 is 44.6 Å². The Hall–Kier alpha value is -4.06. The number of para-hydroxylation sites is 2. The van der Waals surface area contributed by atoms with Crippen LogP contribution < -0.4 is 5.32 Å². The third kappa shape index (κ3) is 4.15. The van der Waals surface area contributed by atoms with Crippen molar-refractivity contribution in [2.24, 2.45) is 0 Å². The lowest BCUT2D eigenvalue weighted by Gasteiger charge is -2.17. The summed E-state index contributed by atoms with van der Waals surface area (Å²) in [6.07, 6.45) is 1.03. The number of esters is 1. The molecule has 0 aliphatic rings. The van der Waals surface area contributed by atoms with Gasteiger partial charge in [-0.2, -0.15) is 0 Å². The van der Waals surface area contributed by atoms with Gasteiger partial charge >= 0.3 is 5.97 Å². The molecule has 6 nitrogen and oxygen atoms in total. The van der Waals surface area contributed by atoms with Gasteiger partial charge < -0.3 is 20.0 Å². The lowest BCUT2D eigenvalue weighted by atomic mass is 9.98. The largest absolute Gasteiger partial charge is 0.464 e. The third-order valence-corrected chi connectivity index (χ3v) is 6.21. The number of rotatable bonds is 7. The van der Waals surface area contributed by atoms with E-state index < -0.39 is 12.0 Å². The molecule has 1 amide bonds. The number of ether oxygens (including phenoxy) is 1. The Balaban J connectivity index is 1.54. The lowest BCUT2D eigenvalue weighted by molar-refractivity contribution is -0.147. The summed E-state index contributed by atoms with van der Waals surface area (Å²) in [6, 6.07) is 22.1. The van der Waals surface area contributed by atoms with Crippen LogP contribution in [0.25, 0.3) is 32.7 Å². The number of aromatic nitrogens is 2. The zero-order valence-electron chi connectivity index (χ0n) is 19.3. The summed E-state index contributed by atoms with van der Waals surface area (Å²) < 4.78 is 5.24. The van der Waals surface area contributed by atoms with Gasteiger partial charge in [0, 0.05) is 58.2 Å². The van der Waals surface area contributed by atoms with Crippen LogP contribution in [0.15, 0.2) is 66.7 Å². The van der Waals surface area contributed by atoms with E-state index in [1.54, 1.807) is 6.92 Å². The highest BCUT2D eigenvalue weighted by Crippen LogP contribution is 2.29. The first kappa shape index (κ1) is 21.8. The minimum atomic E-state index is -0.744. The van der Waals surface area contributed by atoms with Crippen LogP contribution in [0, 0.1) is 0 Å². The van der Waals surface area contributed by atoms with Gasteiger partial charge in [-0.1, -0.05) is 42.5 Å². The van der Waals surface area contributed by atoms with Gasteiger partial charge in [-0.3, -0.25) is 4.79 Å². The number of nitrogens with one attached hydrogen (secondary N) is 3. The maximum absolute atomic E-state index is 12.6. The molecule has 2 aromatic heterocycles. The molecular weight excluding hydrogens is 426 g/mol. The molecule has 1 atom stereocenters. The van der Waals surface area contributed by atoms with Crippen LogP contribution in [0.4, 0.5) is 0 Å². The average Bonchev–Trinajstić information content (AvgIpc) is 3.36. The number of aromatic amines is 2. The Bertz CT molecular complexity index is 1510. The summed E-state index contributed by atoms with van der Waals surface area (Å²) >= 11 is 0. The molecular formula is C28H27N3O3. The number of benzene rings is 3. The number of hydrogen-bond acceptors (Lipinski definition) is 3. The lowest BCUT2D eigenvalue weighted by Crippen LogP contribution is -2.42. The molecule has 3 aromatic carbocycles. The summed E-state index contributed by atoms with van der Waals surface area (Å²) in [5.74, 6) is -0.682. The fourth-order valence-corrected chi connectivity index (χ4v) is 4.73. The molecule has 0 aliphatic heterocycles. The Morgan fingerprint density at radius 2 is 1.56 bits per heavy atom. The Morgan fingerprint density at radius 1 is 0.882 bits per heavy atom. The number of hydrogen-bond donors (Lipinski definition) is 3. The van der Waals surface area contributed by atoms with Crippen molar-refractivity contribution in [3.05, 3.63) is 83.6 Å². The van der Waals surface area contributed by atoms with Gasteiger partial charge in [-0.15, -0.1) is 0 Å². The highest BCUT2D eigenvalue weighted by molar-refractivity contribution is 6.07. The van der Waals surface area contributed by atoms with Crippen LogP contribution in [0.1, 0.15) is 30.7 Å². The molecule has 6 heteroatoms. The summed E-state index contributed by atoms with van der Waals surface area (Å²) in [4.78, 5) is 31.4. The third-order valence-electron chi connectivity index (χ3n) is 6.21. The van der Waals surface area contributed by atoms with E-state index in [-0.39, 0.29) is 12.5 Å². The average molecular weight is 454 g/mol. The van der Waals surface area contributed by atoms with Gasteiger partial charge in [-0.25, -0.2) is 4.79 Å². The number of H-pyrrole nitrogens is 2. The van der Waals surface area contributed by atoms with Crippen molar-refractivity contribution in [3.8, 4) is 0 Å². The molecule has 172 valence electrons. The minimum absolute atomic E-state index is 0.260. The zero-order valence-corrected chi connectivity index (χ0v) is 19.3. The van der Waals surface area contributed by atoms with Gasteiger partial charge in [0.1, 0.15) is 6.04 Å². The standard InChI is InChI=1S/C28H27N3O3/c1-3-34-28(33)27(29-17(2)32)16-22-20-9-5-7-11-24(20)31-26(22)15-18-12-13-25-21(14-18)19-8-4-6-10-23(19)30-25/h4-14,27,30-31H,3,15-16H2,1-2H3,(H,29,32)/t27-/m0/s1. The normalized spacial score (nSPS) is 12.3. The van der Waals surface area contributed by atoms with Crippen molar-refractivity contribution in [1.82, 2.24) is 15.3 Å². The highest BCUT2D eigenvalue weighted by Gasteiger charge is 2.24. The van der Waals surface area contributed by atoms with Gasteiger partial charge in [0.15, 0.2) is 0 Å². The second-order valence-electron chi connectivity index (χ2n) is 8.56. The molecule has 0 unspecified atom stereocenters. The van der Waals surface area contributed by atoms with E-state index in [9.17, 15) is 9.59 Å². The van der Waals surface area contributed by atoms with Crippen LogP contribution in [0.2, 0.25) is 0 Å². The van der Waals surface area contributed by atoms with Gasteiger partial charge in [-0.05, 0) is 42.3 Å². The number of fused-ring (bicyclic) bond motifs is 4. The molecule has 0 saturated carbocycles. The van der Waals surface area contributed by atoms with Crippen LogP contribution in [0.3, 0.4) is 0 Å². The second kappa shape index (κ2) is 9.06. The quantitative estimate of drug-likeness (QED) is 0.303. The van der Waals surface area contributed by atoms with Crippen LogP contribution in [-0.2, 0) is 27.2 Å². The molecule has 0 aliphatic carbocycles. The topological polar surface area (TPSA) is 87.0 Å². The summed E-state index contributed by atoms with van der Waals surface area (Å²) in [5.41, 5.74) is 6.44. The fourth-order valence-electron chi connectivity index (χ4n) is 4.73. The van der Waals surface area contributed by atoms with Gasteiger partial charge in [0.05, 0.1) is 6.61 Å². The first-order valence-electron chi connectivity index (χ1n) is 11.5. The Kier molecular flexibility index (Phi) is 5.80. The van der Waals surface area contributed by atoms with Crippen molar-refractivity contribution in [1.29, 1.82) is 0 Å². The first-order chi connectivity index (χ1) is 16.5. The SMILES string of the molecule is CCOC(=O)[C@H](Cc1c(Cc2ccc3[nH]c4ccccc4c3c2)[nH]c2ccccc12)NC(C)=O. The maximum atomic E-state index is 12.6. The molecule has 0 bridgehead atoms. The van der Waals surface area contributed by atoms with E-state index in [1.807, 2.05) is 30.3 Å². The molecule has 0 spiro atoms. The molecule has 3 N–H and O–H groups in total. The zero-order chi connectivity index (χ0) is 23.7. The second-order valence-corrected chi connectivity index (χ2v) is 8.56. The molecule has 0 saturated heterocycles. The number of carbonyl (C=O) groups excluding carboxylic acids is 2. The highest BCUT2D eigenvalue weighted by atomic mass is 16.5. The van der Waals surface area contributed by atoms with E-state index in [4.69, 9.17) is 4.74 Å². The molecule has 2 heterocycles. The predicted molar refractivity (Wildman–Crippen MR) is 135 cm³/mol. The minimum Gasteiger partial charge on any atom is -0.464 e. The van der Waals surface area contributed by atoms with Gasteiger partial charge in [0.25, 0.3) is 0 Å². The smallest absolute Gasteiger partial charge is 0.328 e. The molecule has 0 radical (unpaired) electrons. The molecule has 34 heavy (non-hydrogen) atoms. The monoisotopic (exact) mass is 453 g/mol. The summed E-state index contributed by atoms with van der Waals surface area (Å²) in [7, 11) is 0. The van der Waals surface area contributed by atoms with Gasteiger partial charge in [0.2, 0.25) is 5.91 Å². The van der Waals surface area contributed by atoms with E-state index in [1.165, 1.54) is 17.7 Å². The Morgan fingerprint density at radius 3 is 2.29 bits per heavy atom. The van der Waals surface area contributed by atoms with Crippen LogP contribution >= 0.6 is 0 Å². The number of carbonyl (C=O) groups is 2. The predicted octanol–water partition coefficient (Wildman–Crippen LogP) is 5.00. The van der Waals surface area contributed by atoms with E-state index in [2.05, 4.69) is 51.7 Å². The summed E-state index contributed by atoms with van der Waals surface area (Å²) in [5, 5.41) is 6.20. The molecule has 0 fully saturated rings. The van der Waals surface area contributed by atoms with Crippen molar-refractivity contribution in [2.75, 3.05) is 6.61 Å². The van der Waals surface area contributed by atoms with Crippen molar-refractivity contribution < 1.29 is 14.3 Å². The maximum Gasteiger partial charge on any atom is 0.328 e. The van der Waals surface area contributed by atoms with Crippen molar-refractivity contribution in [2.45, 2.75) is 32.7 Å².